The lowest BCUT2D eigenvalue weighted by Crippen LogP contribution is -2.29. The van der Waals surface area contributed by atoms with Gasteiger partial charge in [-0.3, -0.25) is 0 Å². The molecule has 0 amide bonds. The molecule has 1 atom stereocenters. The number of hydrogen-bond acceptors (Lipinski definition) is 9. The smallest absolute Gasteiger partial charge is 0.357 e. The third-order valence-corrected chi connectivity index (χ3v) is 5.58. The van der Waals surface area contributed by atoms with Crippen LogP contribution in [0.4, 0.5) is 36.1 Å². The van der Waals surface area contributed by atoms with Gasteiger partial charge < -0.3 is 14.4 Å². The van der Waals surface area contributed by atoms with E-state index in [1.807, 2.05) is 0 Å². The molecule has 1 aromatic carbocycles. The van der Waals surface area contributed by atoms with Crippen LogP contribution < -0.4 is 4.90 Å². The number of benzene rings is 1. The summed E-state index contributed by atoms with van der Waals surface area (Å²) in [5.41, 5.74) is -0.0840. The number of pyridine rings is 1. The van der Waals surface area contributed by atoms with Crippen LogP contribution in [0.2, 0.25) is 10.0 Å². The van der Waals surface area contributed by atoms with Crippen LogP contribution in [-0.4, -0.2) is 48.5 Å². The highest BCUT2D eigenvalue weighted by atomic mass is 35.5. The number of ether oxygens (including phenoxy) is 2. The Morgan fingerprint density at radius 2 is 1.76 bits per heavy atom. The SMILES string of the molecule is CCOCN(COCC)c1cc(N=S(=O)(CF)OC(F)F)c(N=Nc2ccc(Cl)cn2)cc1Cl. The van der Waals surface area contributed by atoms with Gasteiger partial charge >= 0.3 is 6.61 Å². The molecule has 1 unspecified atom stereocenters. The first-order valence-electron chi connectivity index (χ1n) is 9.75. The third-order valence-electron chi connectivity index (χ3n) is 3.86. The maximum atomic E-state index is 13.4. The highest BCUT2D eigenvalue weighted by Gasteiger charge is 2.20. The van der Waals surface area contributed by atoms with Gasteiger partial charge in [0.2, 0.25) is 10.0 Å². The molecule has 1 aromatic heterocycles. The molecule has 15 heteroatoms. The molecule has 0 aliphatic carbocycles. The lowest BCUT2D eigenvalue weighted by Gasteiger charge is -2.25. The molecular weight excluding hydrogens is 522 g/mol. The number of anilines is 1. The molecular formula is C19H22Cl2F3N5O4S. The van der Waals surface area contributed by atoms with Gasteiger partial charge in [0.15, 0.2) is 11.8 Å². The van der Waals surface area contributed by atoms with Crippen LogP contribution in [0, 0.1) is 0 Å². The van der Waals surface area contributed by atoms with Gasteiger partial charge in [-0.2, -0.15) is 13.1 Å². The Hall–Kier alpha value is -2.03. The molecule has 0 saturated carbocycles. The van der Waals surface area contributed by atoms with Crippen molar-refractivity contribution in [2.45, 2.75) is 20.5 Å². The van der Waals surface area contributed by atoms with Crippen molar-refractivity contribution in [1.82, 2.24) is 4.98 Å². The minimum absolute atomic E-state index is 0.0528. The quantitative estimate of drug-likeness (QED) is 0.204. The van der Waals surface area contributed by atoms with Crippen LogP contribution in [-0.2, 0) is 23.7 Å². The van der Waals surface area contributed by atoms with E-state index in [2.05, 4.69) is 23.8 Å². The second-order valence-electron chi connectivity index (χ2n) is 6.25. The van der Waals surface area contributed by atoms with E-state index in [1.165, 1.54) is 30.5 Å². The van der Waals surface area contributed by atoms with Gasteiger partial charge in [0.1, 0.15) is 24.8 Å². The second kappa shape index (κ2) is 13.8. The Bertz CT molecular complexity index is 1080. The minimum atomic E-state index is -4.43. The van der Waals surface area contributed by atoms with E-state index in [0.717, 1.165) is 0 Å². The number of halogens is 5. The molecule has 34 heavy (non-hydrogen) atoms. The average molecular weight is 544 g/mol. The monoisotopic (exact) mass is 543 g/mol. The highest BCUT2D eigenvalue weighted by molar-refractivity contribution is 7.89. The van der Waals surface area contributed by atoms with E-state index in [9.17, 15) is 17.4 Å². The number of hydrogen-bond donors (Lipinski definition) is 0. The highest BCUT2D eigenvalue weighted by Crippen LogP contribution is 2.40. The molecule has 0 aliphatic heterocycles. The minimum Gasteiger partial charge on any atom is -0.361 e. The van der Waals surface area contributed by atoms with Gasteiger partial charge in [-0.25, -0.2) is 17.8 Å². The zero-order valence-corrected chi connectivity index (χ0v) is 20.5. The Morgan fingerprint density at radius 3 is 2.29 bits per heavy atom. The standard InChI is InChI=1S/C19H22Cl2F3N5O4S/c1-3-31-11-29(12-32-4-2)17-8-16(28-34(30,10-22)33-19(23)24)15(7-14(17)21)26-27-18-6-5-13(20)9-25-18/h5-9,19H,3-4,10-12H2,1-2H3. The van der Waals surface area contributed by atoms with Gasteiger partial charge in [0.05, 0.1) is 15.7 Å². The summed E-state index contributed by atoms with van der Waals surface area (Å²) in [6.07, 6.45) is 1.34. The van der Waals surface area contributed by atoms with Gasteiger partial charge in [-0.1, -0.05) is 23.2 Å². The zero-order chi connectivity index (χ0) is 25.1. The summed E-state index contributed by atoms with van der Waals surface area (Å²) in [4.78, 5) is 5.52. The molecule has 0 aliphatic rings. The van der Waals surface area contributed by atoms with Gasteiger partial charge in [-0.15, -0.1) is 10.2 Å². The maximum absolute atomic E-state index is 13.4. The largest absolute Gasteiger partial charge is 0.361 e. The second-order valence-corrected chi connectivity index (χ2v) is 8.85. The first-order chi connectivity index (χ1) is 16.2. The summed E-state index contributed by atoms with van der Waals surface area (Å²) in [5.74, 6) is 0.153. The van der Waals surface area contributed by atoms with Gasteiger partial charge in [0.25, 0.3) is 0 Å². The topological polar surface area (TPSA) is 98.0 Å². The number of azo groups is 1. The summed E-state index contributed by atoms with van der Waals surface area (Å²) in [5, 5.41) is 8.38. The van der Waals surface area contributed by atoms with E-state index in [4.69, 9.17) is 32.7 Å². The number of aromatic nitrogens is 1. The van der Waals surface area contributed by atoms with Crippen molar-refractivity contribution in [3.05, 3.63) is 40.5 Å². The van der Waals surface area contributed by atoms with E-state index in [1.54, 1.807) is 18.7 Å². The molecule has 188 valence electrons. The van der Waals surface area contributed by atoms with Crippen molar-refractivity contribution >= 4 is 56.1 Å². The summed E-state index contributed by atoms with van der Waals surface area (Å²) >= 11 is 12.2. The Morgan fingerprint density at radius 1 is 1.09 bits per heavy atom. The van der Waals surface area contributed by atoms with Crippen molar-refractivity contribution in [2.24, 2.45) is 14.6 Å². The first kappa shape index (κ1) is 28.2. The number of nitrogens with zero attached hydrogens (tertiary/aromatic N) is 5. The fourth-order valence-corrected chi connectivity index (χ4v) is 3.59. The van der Waals surface area contributed by atoms with Gasteiger partial charge in [-0.05, 0) is 38.1 Å². The predicted molar refractivity (Wildman–Crippen MR) is 124 cm³/mol. The molecule has 0 spiro atoms. The van der Waals surface area contributed by atoms with E-state index in [0.29, 0.717) is 18.2 Å². The summed E-state index contributed by atoms with van der Waals surface area (Å²) < 4.78 is 69.7. The molecule has 2 aromatic rings. The van der Waals surface area contributed by atoms with E-state index < -0.39 is 22.6 Å². The third kappa shape index (κ3) is 8.64. The van der Waals surface area contributed by atoms with Crippen LogP contribution >= 0.6 is 23.2 Å². The van der Waals surface area contributed by atoms with Crippen molar-refractivity contribution in [3.63, 3.8) is 0 Å². The lowest BCUT2D eigenvalue weighted by atomic mass is 10.2. The Labute approximate surface area is 205 Å². The zero-order valence-electron chi connectivity index (χ0n) is 18.2. The molecule has 0 N–H and O–H groups in total. The molecule has 0 saturated heterocycles. The van der Waals surface area contributed by atoms with Gasteiger partial charge in [0, 0.05) is 19.4 Å². The number of alkyl halides is 3. The van der Waals surface area contributed by atoms with E-state index in [-0.39, 0.29) is 41.4 Å². The van der Waals surface area contributed by atoms with Crippen LogP contribution in [0.15, 0.2) is 45.1 Å². The number of rotatable bonds is 13. The van der Waals surface area contributed by atoms with Crippen molar-refractivity contribution in [1.29, 1.82) is 0 Å². The lowest BCUT2D eigenvalue weighted by molar-refractivity contribution is -0.0421. The molecule has 1 heterocycles. The van der Waals surface area contributed by atoms with E-state index >= 15 is 0 Å². The van der Waals surface area contributed by atoms with Crippen molar-refractivity contribution in [3.8, 4) is 0 Å². The average Bonchev–Trinajstić information content (AvgIpc) is 2.80. The first-order valence-corrected chi connectivity index (χ1v) is 12.1. The Balaban J connectivity index is 2.62. The summed E-state index contributed by atoms with van der Waals surface area (Å²) in [6, 6.07) is 3.77. The summed E-state index contributed by atoms with van der Waals surface area (Å²) in [7, 11) is -4.43. The molecule has 2 rings (SSSR count). The van der Waals surface area contributed by atoms with Crippen LogP contribution in [0.3, 0.4) is 0 Å². The fourth-order valence-electron chi connectivity index (χ4n) is 2.38. The maximum Gasteiger partial charge on any atom is 0.357 e. The van der Waals surface area contributed by atoms with Crippen LogP contribution in [0.5, 0.6) is 0 Å². The molecule has 0 bridgehead atoms. The normalized spacial score (nSPS) is 13.4. The van der Waals surface area contributed by atoms with Crippen LogP contribution in [0.25, 0.3) is 0 Å². The predicted octanol–water partition coefficient (Wildman–Crippen LogP) is 6.78. The van der Waals surface area contributed by atoms with Crippen molar-refractivity contribution in [2.75, 3.05) is 37.6 Å². The molecule has 0 fully saturated rings. The molecule has 9 nitrogen and oxygen atoms in total. The fraction of sp³-hybridized carbons (Fsp3) is 0.421. The van der Waals surface area contributed by atoms with Crippen molar-refractivity contribution < 1.29 is 31.0 Å². The molecule has 0 radical (unpaired) electrons. The Kier molecular flexibility index (Phi) is 11.4. The van der Waals surface area contributed by atoms with Crippen LogP contribution in [0.1, 0.15) is 13.8 Å². The summed E-state index contributed by atoms with van der Waals surface area (Å²) in [6.45, 7) is 0.927.